The number of allylic oxidation sites excluding steroid dienone is 1. The zero-order valence-corrected chi connectivity index (χ0v) is 29.8. The van der Waals surface area contributed by atoms with Crippen molar-refractivity contribution < 1.29 is 14.3 Å². The van der Waals surface area contributed by atoms with Gasteiger partial charge in [-0.1, -0.05) is 83.6 Å². The standard InChI is InChI=1S/C39H31ClN4O4S2/c1-24-34(38(46)48-23-25-10-6-4-7-11-25)36(26-14-17-30(49-3)18-15-26)44-37(45)33(50-39(44)41-24)21-28-22-43(29-12-8-5-9-13-29)42-35(28)27-16-19-32(47-2)31(40)20-27/h4-22,36H,23H2,1-3H3. The van der Waals surface area contributed by atoms with E-state index in [2.05, 4.69) is 0 Å². The third-order valence-electron chi connectivity index (χ3n) is 8.36. The second-order valence-electron chi connectivity index (χ2n) is 11.5. The van der Waals surface area contributed by atoms with E-state index >= 15 is 0 Å². The molecule has 4 aromatic carbocycles. The second kappa shape index (κ2) is 14.4. The molecule has 0 radical (unpaired) electrons. The van der Waals surface area contributed by atoms with Crippen LogP contribution in [0.25, 0.3) is 23.0 Å². The highest BCUT2D eigenvalue weighted by Gasteiger charge is 2.33. The molecule has 0 amide bonds. The summed E-state index contributed by atoms with van der Waals surface area (Å²) < 4.78 is 15.0. The van der Waals surface area contributed by atoms with Gasteiger partial charge < -0.3 is 9.47 Å². The molecule has 0 fully saturated rings. The Morgan fingerprint density at radius 2 is 1.72 bits per heavy atom. The van der Waals surface area contributed by atoms with Crippen molar-refractivity contribution in [3.8, 4) is 22.7 Å². The molecule has 3 heterocycles. The molecule has 1 aliphatic rings. The molecule has 0 saturated heterocycles. The largest absolute Gasteiger partial charge is 0.495 e. The van der Waals surface area contributed by atoms with Gasteiger partial charge in [0.25, 0.3) is 5.56 Å². The van der Waals surface area contributed by atoms with E-state index in [1.165, 1.54) is 11.3 Å². The lowest BCUT2D eigenvalue weighted by molar-refractivity contribution is -0.140. The number of hydrogen-bond donors (Lipinski definition) is 0. The Morgan fingerprint density at radius 1 is 1.00 bits per heavy atom. The Kier molecular flexibility index (Phi) is 9.58. The number of methoxy groups -OCH3 is 1. The van der Waals surface area contributed by atoms with Gasteiger partial charge in [0.05, 0.1) is 39.7 Å². The maximum atomic E-state index is 14.5. The number of ether oxygens (including phenoxy) is 2. The van der Waals surface area contributed by atoms with Crippen LogP contribution in [0.1, 0.15) is 29.7 Å². The molecule has 1 unspecified atom stereocenters. The lowest BCUT2D eigenvalue weighted by Gasteiger charge is -2.25. The number of carbonyl (C=O) groups excluding carboxylic acids is 1. The Morgan fingerprint density at radius 3 is 2.40 bits per heavy atom. The molecule has 50 heavy (non-hydrogen) atoms. The fourth-order valence-corrected chi connectivity index (χ4v) is 7.57. The number of esters is 1. The van der Waals surface area contributed by atoms with Crippen molar-refractivity contribution >= 4 is 46.7 Å². The van der Waals surface area contributed by atoms with Gasteiger partial charge in [0.1, 0.15) is 18.1 Å². The van der Waals surface area contributed by atoms with Gasteiger partial charge in [0.2, 0.25) is 0 Å². The SMILES string of the molecule is COc1ccc(-c2nn(-c3ccccc3)cc2C=c2sc3n(c2=O)C(c2ccc(SC)cc2)C(C(=O)OCc2ccccc2)=C(C)N=3)cc1Cl. The maximum absolute atomic E-state index is 14.5. The normalized spacial score (nSPS) is 14.3. The zero-order valence-electron chi connectivity index (χ0n) is 27.4. The van der Waals surface area contributed by atoms with Crippen molar-refractivity contribution in [1.29, 1.82) is 0 Å². The van der Waals surface area contributed by atoms with E-state index in [0.29, 0.717) is 42.6 Å². The molecular formula is C39H31ClN4O4S2. The molecule has 1 atom stereocenters. The number of carbonyl (C=O) groups is 1. The summed E-state index contributed by atoms with van der Waals surface area (Å²) in [5.74, 6) is 0.0259. The van der Waals surface area contributed by atoms with Gasteiger partial charge in [-0.05, 0) is 72.8 Å². The van der Waals surface area contributed by atoms with Gasteiger partial charge in [-0.2, -0.15) is 5.10 Å². The first-order valence-corrected chi connectivity index (χ1v) is 18.1. The van der Waals surface area contributed by atoms with Crippen molar-refractivity contribution in [2.45, 2.75) is 24.5 Å². The van der Waals surface area contributed by atoms with Crippen LogP contribution < -0.4 is 19.6 Å². The first-order chi connectivity index (χ1) is 24.3. The highest BCUT2D eigenvalue weighted by Crippen LogP contribution is 2.33. The first kappa shape index (κ1) is 33.3. The highest BCUT2D eigenvalue weighted by atomic mass is 35.5. The number of nitrogens with zero attached hydrogens (tertiary/aromatic N) is 4. The third kappa shape index (κ3) is 6.57. The Bertz CT molecular complexity index is 2420. The van der Waals surface area contributed by atoms with Crippen molar-refractivity contribution in [3.05, 3.63) is 162 Å². The molecule has 0 N–H and O–H groups in total. The molecule has 6 aromatic rings. The molecule has 250 valence electrons. The van der Waals surface area contributed by atoms with Crippen molar-refractivity contribution in [1.82, 2.24) is 14.3 Å². The van der Waals surface area contributed by atoms with Crippen LogP contribution in [0.2, 0.25) is 5.02 Å². The lowest BCUT2D eigenvalue weighted by Crippen LogP contribution is -2.39. The van der Waals surface area contributed by atoms with Gasteiger partial charge in [-0.3, -0.25) is 9.36 Å². The number of thioether (sulfide) groups is 1. The van der Waals surface area contributed by atoms with Crippen LogP contribution >= 0.6 is 34.7 Å². The van der Waals surface area contributed by atoms with Crippen molar-refractivity contribution in [2.24, 2.45) is 4.99 Å². The van der Waals surface area contributed by atoms with Crippen LogP contribution in [0.15, 0.2) is 135 Å². The summed E-state index contributed by atoms with van der Waals surface area (Å²) in [7, 11) is 1.57. The van der Waals surface area contributed by atoms with Crippen LogP contribution in [0.3, 0.4) is 0 Å². The van der Waals surface area contributed by atoms with E-state index in [0.717, 1.165) is 27.3 Å². The first-order valence-electron chi connectivity index (χ1n) is 15.7. The lowest BCUT2D eigenvalue weighted by atomic mass is 9.96. The highest BCUT2D eigenvalue weighted by molar-refractivity contribution is 7.98. The van der Waals surface area contributed by atoms with E-state index < -0.39 is 12.0 Å². The summed E-state index contributed by atoms with van der Waals surface area (Å²) in [5.41, 5.74) is 5.15. The number of benzene rings is 4. The van der Waals surface area contributed by atoms with Crippen LogP contribution in [-0.2, 0) is 16.1 Å². The van der Waals surface area contributed by atoms with Crippen LogP contribution in [0, 0.1) is 0 Å². The van der Waals surface area contributed by atoms with Crippen LogP contribution in [-0.4, -0.2) is 33.7 Å². The molecule has 8 nitrogen and oxygen atoms in total. The minimum atomic E-state index is -0.737. The van der Waals surface area contributed by atoms with Gasteiger partial charge in [0, 0.05) is 22.2 Å². The molecule has 0 spiro atoms. The Hall–Kier alpha value is -5.16. The van der Waals surface area contributed by atoms with E-state index in [-0.39, 0.29) is 12.2 Å². The quantitative estimate of drug-likeness (QED) is 0.116. The third-order valence-corrected chi connectivity index (χ3v) is 10.4. The summed E-state index contributed by atoms with van der Waals surface area (Å²) in [6.07, 6.45) is 5.71. The molecule has 11 heteroatoms. The molecular weight excluding hydrogens is 688 g/mol. The summed E-state index contributed by atoms with van der Waals surface area (Å²) in [6, 6.07) is 31.9. The zero-order chi connectivity index (χ0) is 34.8. The smallest absolute Gasteiger partial charge is 0.338 e. The van der Waals surface area contributed by atoms with E-state index in [1.807, 2.05) is 110 Å². The molecule has 0 aliphatic carbocycles. The number of halogens is 1. The topological polar surface area (TPSA) is 87.7 Å². The number of para-hydroxylation sites is 1. The van der Waals surface area contributed by atoms with Gasteiger partial charge in [-0.15, -0.1) is 11.8 Å². The summed E-state index contributed by atoms with van der Waals surface area (Å²) in [5, 5.41) is 5.36. The van der Waals surface area contributed by atoms with Gasteiger partial charge in [-0.25, -0.2) is 14.5 Å². The average molecular weight is 719 g/mol. The summed E-state index contributed by atoms with van der Waals surface area (Å²) >= 11 is 9.42. The molecule has 7 rings (SSSR count). The number of hydrogen-bond acceptors (Lipinski definition) is 8. The summed E-state index contributed by atoms with van der Waals surface area (Å²) in [6.45, 7) is 1.89. The van der Waals surface area contributed by atoms with Crippen molar-refractivity contribution in [2.75, 3.05) is 13.4 Å². The molecule has 0 bridgehead atoms. The van der Waals surface area contributed by atoms with E-state index in [9.17, 15) is 9.59 Å². The van der Waals surface area contributed by atoms with Gasteiger partial charge in [0.15, 0.2) is 4.80 Å². The number of aromatic nitrogens is 3. The fourth-order valence-electron chi connectivity index (χ4n) is 5.87. The fraction of sp³-hybridized carbons (Fsp3) is 0.128. The molecule has 1 aliphatic heterocycles. The Labute approximate surface area is 301 Å². The number of fused-ring (bicyclic) bond motifs is 1. The minimum Gasteiger partial charge on any atom is -0.495 e. The predicted octanol–water partition coefficient (Wildman–Crippen LogP) is 7.22. The van der Waals surface area contributed by atoms with Crippen molar-refractivity contribution in [3.63, 3.8) is 0 Å². The number of rotatable bonds is 9. The predicted molar refractivity (Wildman–Crippen MR) is 199 cm³/mol. The van der Waals surface area contributed by atoms with Gasteiger partial charge >= 0.3 is 5.97 Å². The van der Waals surface area contributed by atoms with Crippen LogP contribution in [0.4, 0.5) is 0 Å². The maximum Gasteiger partial charge on any atom is 0.338 e. The van der Waals surface area contributed by atoms with E-state index in [1.54, 1.807) is 47.2 Å². The Balaban J connectivity index is 1.37. The number of thiazole rings is 1. The second-order valence-corrected chi connectivity index (χ2v) is 13.8. The minimum absolute atomic E-state index is 0.0998. The monoisotopic (exact) mass is 718 g/mol. The van der Waals surface area contributed by atoms with Crippen LogP contribution in [0.5, 0.6) is 5.75 Å². The average Bonchev–Trinajstić information content (AvgIpc) is 3.71. The van der Waals surface area contributed by atoms with E-state index in [4.69, 9.17) is 31.2 Å². The summed E-state index contributed by atoms with van der Waals surface area (Å²) in [4.78, 5) is 34.6. The molecule has 0 saturated carbocycles. The molecule has 2 aromatic heterocycles.